The molecule has 0 atom stereocenters. The van der Waals surface area contributed by atoms with E-state index in [4.69, 9.17) is 5.11 Å². The van der Waals surface area contributed by atoms with Gasteiger partial charge in [0.05, 0.1) is 12.1 Å². The van der Waals surface area contributed by atoms with Crippen LogP contribution in [-0.4, -0.2) is 22.8 Å². The number of aryl methyl sites for hydroxylation is 1. The summed E-state index contributed by atoms with van der Waals surface area (Å²) in [5.74, 6) is 0.740. The summed E-state index contributed by atoms with van der Waals surface area (Å²) in [5, 5.41) is 13.5. The monoisotopic (exact) mass is 258 g/mol. The van der Waals surface area contributed by atoms with Gasteiger partial charge in [-0.2, -0.15) is 0 Å². The Bertz CT molecular complexity index is 569. The molecule has 0 unspecified atom stereocenters. The van der Waals surface area contributed by atoms with Crippen molar-refractivity contribution in [1.82, 2.24) is 4.57 Å². The number of nitrogens with zero attached hydrogens (tertiary/aromatic N) is 1. The average molecular weight is 258 g/mol. The fourth-order valence-electron chi connectivity index (χ4n) is 2.82. The van der Waals surface area contributed by atoms with E-state index >= 15 is 0 Å². The number of aliphatic hydroxyl groups is 1. The molecule has 3 rings (SSSR count). The first-order chi connectivity index (χ1) is 9.33. The molecule has 1 aliphatic carbocycles. The Morgan fingerprint density at radius 2 is 2.21 bits per heavy atom. The van der Waals surface area contributed by atoms with Gasteiger partial charge in [0.1, 0.15) is 0 Å². The van der Waals surface area contributed by atoms with E-state index in [1.165, 1.54) is 35.7 Å². The second kappa shape index (κ2) is 5.25. The van der Waals surface area contributed by atoms with Gasteiger partial charge in [-0.05, 0) is 48.9 Å². The van der Waals surface area contributed by atoms with Crippen molar-refractivity contribution in [2.45, 2.75) is 38.6 Å². The molecule has 1 aromatic heterocycles. The van der Waals surface area contributed by atoms with Crippen LogP contribution in [0, 0.1) is 0 Å². The molecule has 1 aromatic carbocycles. The minimum absolute atomic E-state index is 0.174. The molecule has 0 amide bonds. The predicted molar refractivity (Wildman–Crippen MR) is 79.8 cm³/mol. The molecule has 19 heavy (non-hydrogen) atoms. The van der Waals surface area contributed by atoms with E-state index in [0.717, 1.165) is 18.2 Å². The third kappa shape index (κ3) is 2.47. The first-order valence-electron chi connectivity index (χ1n) is 7.31. The zero-order chi connectivity index (χ0) is 13.2. The van der Waals surface area contributed by atoms with Gasteiger partial charge in [-0.3, -0.25) is 0 Å². The number of nitrogens with one attached hydrogen (secondary N) is 1. The van der Waals surface area contributed by atoms with Crippen molar-refractivity contribution in [2.24, 2.45) is 0 Å². The lowest BCUT2D eigenvalue weighted by atomic mass is 10.1. The number of hydrogen-bond donors (Lipinski definition) is 2. The van der Waals surface area contributed by atoms with Gasteiger partial charge in [0.2, 0.25) is 0 Å². The average Bonchev–Trinajstić information content (AvgIpc) is 3.19. The maximum Gasteiger partial charge on any atom is 0.0604 e. The Morgan fingerprint density at radius 1 is 1.37 bits per heavy atom. The number of rotatable bonds is 6. The summed E-state index contributed by atoms with van der Waals surface area (Å²) in [4.78, 5) is 0. The molecule has 1 saturated carbocycles. The SMILES string of the molecule is CCCn1ccc2cc(NCCO)cc(C3CC3)c21. The summed E-state index contributed by atoms with van der Waals surface area (Å²) in [6, 6.07) is 6.69. The van der Waals surface area contributed by atoms with Crippen molar-refractivity contribution in [2.75, 3.05) is 18.5 Å². The standard InChI is InChI=1S/C16H22N2O/c1-2-7-18-8-5-13-10-14(17-6-9-19)11-15(16(13)18)12-3-4-12/h5,8,10-12,17,19H,2-4,6-7,9H2,1H3. The van der Waals surface area contributed by atoms with Gasteiger partial charge in [-0.1, -0.05) is 6.92 Å². The van der Waals surface area contributed by atoms with Crippen LogP contribution >= 0.6 is 0 Å². The van der Waals surface area contributed by atoms with Gasteiger partial charge in [-0.15, -0.1) is 0 Å². The van der Waals surface area contributed by atoms with E-state index in [-0.39, 0.29) is 6.61 Å². The Balaban J connectivity index is 2.04. The van der Waals surface area contributed by atoms with Crippen LogP contribution in [0.1, 0.15) is 37.7 Å². The van der Waals surface area contributed by atoms with E-state index in [2.05, 4.69) is 41.2 Å². The molecule has 0 radical (unpaired) electrons. The third-order valence-electron chi connectivity index (χ3n) is 3.81. The summed E-state index contributed by atoms with van der Waals surface area (Å²) in [6.45, 7) is 4.10. The van der Waals surface area contributed by atoms with Gasteiger partial charge in [-0.25, -0.2) is 0 Å². The smallest absolute Gasteiger partial charge is 0.0604 e. The van der Waals surface area contributed by atoms with Crippen molar-refractivity contribution in [3.8, 4) is 0 Å². The van der Waals surface area contributed by atoms with Crippen LogP contribution in [0.25, 0.3) is 10.9 Å². The molecular weight excluding hydrogens is 236 g/mol. The largest absolute Gasteiger partial charge is 0.395 e. The van der Waals surface area contributed by atoms with Gasteiger partial charge in [0, 0.05) is 30.4 Å². The van der Waals surface area contributed by atoms with Crippen molar-refractivity contribution in [3.05, 3.63) is 30.0 Å². The molecule has 0 aliphatic heterocycles. The number of fused-ring (bicyclic) bond motifs is 1. The summed E-state index contributed by atoms with van der Waals surface area (Å²) >= 11 is 0. The van der Waals surface area contributed by atoms with E-state index < -0.39 is 0 Å². The lowest BCUT2D eigenvalue weighted by molar-refractivity contribution is 0.311. The van der Waals surface area contributed by atoms with Crippen LogP contribution < -0.4 is 5.32 Å². The van der Waals surface area contributed by atoms with E-state index in [1.54, 1.807) is 0 Å². The summed E-state index contributed by atoms with van der Waals surface area (Å²) in [6.07, 6.45) is 6.00. The molecule has 1 heterocycles. The van der Waals surface area contributed by atoms with Crippen molar-refractivity contribution in [3.63, 3.8) is 0 Å². The zero-order valence-corrected chi connectivity index (χ0v) is 11.5. The fraction of sp³-hybridized carbons (Fsp3) is 0.500. The number of aliphatic hydroxyl groups excluding tert-OH is 1. The van der Waals surface area contributed by atoms with E-state index in [0.29, 0.717) is 6.54 Å². The summed E-state index contributed by atoms with van der Waals surface area (Å²) < 4.78 is 2.39. The molecule has 102 valence electrons. The Labute approximate surface area is 114 Å². The molecule has 3 heteroatoms. The van der Waals surface area contributed by atoms with Crippen molar-refractivity contribution < 1.29 is 5.11 Å². The van der Waals surface area contributed by atoms with E-state index in [9.17, 15) is 0 Å². The lowest BCUT2D eigenvalue weighted by Gasteiger charge is -2.12. The van der Waals surface area contributed by atoms with Gasteiger partial charge in [0.25, 0.3) is 0 Å². The molecule has 1 aliphatic rings. The molecule has 2 N–H and O–H groups in total. The highest BCUT2D eigenvalue weighted by atomic mass is 16.3. The molecule has 3 nitrogen and oxygen atoms in total. The highest BCUT2D eigenvalue weighted by molar-refractivity contribution is 5.88. The number of aromatic nitrogens is 1. The van der Waals surface area contributed by atoms with Crippen LogP contribution in [0.3, 0.4) is 0 Å². The summed E-state index contributed by atoms with van der Waals surface area (Å²) in [7, 11) is 0. The van der Waals surface area contributed by atoms with Crippen LogP contribution in [0.5, 0.6) is 0 Å². The number of benzene rings is 1. The lowest BCUT2D eigenvalue weighted by Crippen LogP contribution is -2.06. The Morgan fingerprint density at radius 3 is 2.89 bits per heavy atom. The molecule has 0 bridgehead atoms. The minimum atomic E-state index is 0.174. The maximum absolute atomic E-state index is 8.94. The van der Waals surface area contributed by atoms with Crippen LogP contribution in [0.2, 0.25) is 0 Å². The second-order valence-electron chi connectivity index (χ2n) is 5.44. The van der Waals surface area contributed by atoms with Crippen LogP contribution in [0.4, 0.5) is 5.69 Å². The quantitative estimate of drug-likeness (QED) is 0.834. The first-order valence-corrected chi connectivity index (χ1v) is 7.31. The molecule has 1 fully saturated rings. The number of anilines is 1. The van der Waals surface area contributed by atoms with Crippen LogP contribution in [-0.2, 0) is 6.54 Å². The van der Waals surface area contributed by atoms with Crippen LogP contribution in [0.15, 0.2) is 24.4 Å². The van der Waals surface area contributed by atoms with Gasteiger partial charge < -0.3 is 15.0 Å². The van der Waals surface area contributed by atoms with Gasteiger partial charge >= 0.3 is 0 Å². The minimum Gasteiger partial charge on any atom is -0.395 e. The Kier molecular flexibility index (Phi) is 3.47. The normalized spacial score (nSPS) is 15.1. The first kappa shape index (κ1) is 12.5. The molecule has 2 aromatic rings. The number of hydrogen-bond acceptors (Lipinski definition) is 2. The van der Waals surface area contributed by atoms with E-state index in [1.807, 2.05) is 0 Å². The molecular formula is C16H22N2O. The zero-order valence-electron chi connectivity index (χ0n) is 11.5. The second-order valence-corrected chi connectivity index (χ2v) is 5.44. The van der Waals surface area contributed by atoms with Gasteiger partial charge in [0.15, 0.2) is 0 Å². The third-order valence-corrected chi connectivity index (χ3v) is 3.81. The highest BCUT2D eigenvalue weighted by Gasteiger charge is 2.27. The summed E-state index contributed by atoms with van der Waals surface area (Å²) in [5.41, 5.74) is 4.04. The Hall–Kier alpha value is -1.48. The molecule has 0 saturated heterocycles. The maximum atomic E-state index is 8.94. The highest BCUT2D eigenvalue weighted by Crippen LogP contribution is 2.44. The predicted octanol–water partition coefficient (Wildman–Crippen LogP) is 3.33. The van der Waals surface area contributed by atoms with Crippen molar-refractivity contribution in [1.29, 1.82) is 0 Å². The fourth-order valence-corrected chi connectivity index (χ4v) is 2.82. The molecule has 0 spiro atoms. The van der Waals surface area contributed by atoms with Crippen molar-refractivity contribution >= 4 is 16.6 Å². The topological polar surface area (TPSA) is 37.2 Å².